The van der Waals surface area contributed by atoms with Crippen molar-refractivity contribution in [3.63, 3.8) is 0 Å². The molecule has 0 radical (unpaired) electrons. The molecule has 2 heterocycles. The number of nitrogens with two attached hydrogens (primary N) is 1. The largest absolute Gasteiger partial charge is 0.448 e. The van der Waals surface area contributed by atoms with E-state index in [9.17, 15) is 22.4 Å². The zero-order valence-corrected chi connectivity index (χ0v) is 15.3. The lowest BCUT2D eigenvalue weighted by molar-refractivity contribution is -0.106. The number of rotatable bonds is 3. The smallest absolute Gasteiger partial charge is 0.280 e. The molecule has 0 fully saturated rings. The van der Waals surface area contributed by atoms with Gasteiger partial charge >= 0.3 is 0 Å². The normalized spacial score (nSPS) is 26.6. The molecule has 1 aromatic heterocycles. The first-order chi connectivity index (χ1) is 12.9. The van der Waals surface area contributed by atoms with E-state index in [0.29, 0.717) is 0 Å². The zero-order chi connectivity index (χ0) is 20.9. The van der Waals surface area contributed by atoms with Crippen molar-refractivity contribution in [1.82, 2.24) is 4.98 Å². The molecule has 6 nitrogen and oxygen atoms in total. The number of aliphatic imine (C=N–C) groups is 1. The highest BCUT2D eigenvalue weighted by Crippen LogP contribution is 2.50. The van der Waals surface area contributed by atoms with Gasteiger partial charge in [-0.15, -0.1) is 0 Å². The summed E-state index contributed by atoms with van der Waals surface area (Å²) in [6.45, 7) is 3.41. The van der Waals surface area contributed by atoms with Gasteiger partial charge in [-0.2, -0.15) is 0 Å². The Kier molecular flexibility index (Phi) is 4.48. The molecule has 0 bridgehead atoms. The van der Waals surface area contributed by atoms with Crippen molar-refractivity contribution in [3.8, 4) is 0 Å². The number of halogens is 4. The molecule has 3 rings (SSSR count). The lowest BCUT2D eigenvalue weighted by Gasteiger charge is -2.42. The van der Waals surface area contributed by atoms with Crippen LogP contribution in [0.5, 0.6) is 0 Å². The Morgan fingerprint density at radius 3 is 2.57 bits per heavy atom. The van der Waals surface area contributed by atoms with Crippen molar-refractivity contribution in [3.05, 3.63) is 47.4 Å². The van der Waals surface area contributed by atoms with Crippen LogP contribution in [0.3, 0.4) is 0 Å². The number of hydrogen-bond acceptors (Lipinski definition) is 5. The quantitative estimate of drug-likeness (QED) is 0.771. The van der Waals surface area contributed by atoms with Crippen molar-refractivity contribution < 1.29 is 26.8 Å². The highest BCUT2D eigenvalue weighted by molar-refractivity contribution is 6.02. The molecule has 1 aliphatic rings. The third-order valence-electron chi connectivity index (χ3n) is 4.74. The van der Waals surface area contributed by atoms with Crippen molar-refractivity contribution in [2.45, 2.75) is 44.3 Å². The van der Waals surface area contributed by atoms with Crippen LogP contribution in [-0.4, -0.2) is 28.3 Å². The molecule has 0 saturated carbocycles. The molecule has 1 aliphatic heterocycles. The van der Waals surface area contributed by atoms with E-state index in [1.54, 1.807) is 6.92 Å². The SMILES string of the molecule is Cc1nc(C(=O)Nc2ccc(F)c(C3(C)N=C(N)C(C)(F)CC3(F)F)c2)co1. The van der Waals surface area contributed by atoms with Crippen LogP contribution in [0.4, 0.5) is 23.2 Å². The Balaban J connectivity index is 2.01. The molecule has 10 heteroatoms. The maximum absolute atomic E-state index is 14.8. The third-order valence-corrected chi connectivity index (χ3v) is 4.74. The Labute approximate surface area is 157 Å². The Bertz CT molecular complexity index is 970. The third kappa shape index (κ3) is 3.23. The summed E-state index contributed by atoms with van der Waals surface area (Å²) in [6, 6.07) is 3.13. The van der Waals surface area contributed by atoms with Gasteiger partial charge in [0.25, 0.3) is 11.8 Å². The van der Waals surface area contributed by atoms with E-state index in [1.165, 1.54) is 6.07 Å². The number of amides is 1. The van der Waals surface area contributed by atoms with Gasteiger partial charge in [-0.3, -0.25) is 9.79 Å². The molecule has 1 aromatic carbocycles. The summed E-state index contributed by atoms with van der Waals surface area (Å²) in [7, 11) is 0. The Hall–Kier alpha value is -2.91. The monoisotopic (exact) mass is 398 g/mol. The minimum Gasteiger partial charge on any atom is -0.448 e. The maximum Gasteiger partial charge on any atom is 0.280 e. The molecular formula is C18H18F4N4O2. The van der Waals surface area contributed by atoms with E-state index in [0.717, 1.165) is 32.2 Å². The van der Waals surface area contributed by atoms with Crippen LogP contribution >= 0.6 is 0 Å². The van der Waals surface area contributed by atoms with Gasteiger partial charge in [-0.1, -0.05) is 0 Å². The standard InChI is InChI=1S/C18H18F4N4O2/c1-9-24-13(7-28-9)14(27)25-10-4-5-12(19)11(6-10)17(3)18(21,22)8-16(2,20)15(23)26-17/h4-7H,8H2,1-3H3,(H2,23,26)(H,25,27). The summed E-state index contributed by atoms with van der Waals surface area (Å²) in [5, 5.41) is 2.42. The molecular weight excluding hydrogens is 380 g/mol. The van der Waals surface area contributed by atoms with E-state index in [2.05, 4.69) is 15.3 Å². The number of alkyl halides is 3. The topological polar surface area (TPSA) is 93.5 Å². The fraction of sp³-hybridized carbons (Fsp3) is 0.389. The number of nitrogens with one attached hydrogen (secondary N) is 1. The summed E-state index contributed by atoms with van der Waals surface area (Å²) in [6.07, 6.45) is -0.126. The maximum atomic E-state index is 14.8. The predicted octanol–water partition coefficient (Wildman–Crippen LogP) is 3.71. The molecule has 0 aliphatic carbocycles. The molecule has 1 amide bonds. The van der Waals surface area contributed by atoms with E-state index in [4.69, 9.17) is 10.2 Å². The highest BCUT2D eigenvalue weighted by atomic mass is 19.3. The first-order valence-electron chi connectivity index (χ1n) is 8.32. The van der Waals surface area contributed by atoms with Crippen LogP contribution in [0.15, 0.2) is 33.9 Å². The fourth-order valence-corrected chi connectivity index (χ4v) is 3.02. The van der Waals surface area contributed by atoms with E-state index < -0.39 is 46.7 Å². The zero-order valence-electron chi connectivity index (χ0n) is 15.3. The Morgan fingerprint density at radius 1 is 1.29 bits per heavy atom. The number of oxazole rings is 1. The molecule has 2 atom stereocenters. The Morgan fingerprint density at radius 2 is 1.96 bits per heavy atom. The molecule has 2 aromatic rings. The van der Waals surface area contributed by atoms with Crippen molar-refractivity contribution in [1.29, 1.82) is 0 Å². The van der Waals surface area contributed by atoms with Gasteiger partial charge in [-0.25, -0.2) is 22.5 Å². The van der Waals surface area contributed by atoms with Gasteiger partial charge in [0.1, 0.15) is 17.9 Å². The summed E-state index contributed by atoms with van der Waals surface area (Å²) >= 11 is 0. The molecule has 3 N–H and O–H groups in total. The summed E-state index contributed by atoms with van der Waals surface area (Å²) in [4.78, 5) is 19.6. The van der Waals surface area contributed by atoms with Gasteiger partial charge in [0.05, 0.1) is 6.42 Å². The van der Waals surface area contributed by atoms with Gasteiger partial charge in [0.2, 0.25) is 0 Å². The van der Waals surface area contributed by atoms with Crippen LogP contribution < -0.4 is 11.1 Å². The van der Waals surface area contributed by atoms with Gasteiger partial charge in [0, 0.05) is 18.2 Å². The number of carbonyl (C=O) groups excluding carboxylic acids is 1. The molecule has 28 heavy (non-hydrogen) atoms. The van der Waals surface area contributed by atoms with Crippen LogP contribution in [0, 0.1) is 12.7 Å². The van der Waals surface area contributed by atoms with Gasteiger partial charge < -0.3 is 15.5 Å². The van der Waals surface area contributed by atoms with Crippen LogP contribution in [0.25, 0.3) is 0 Å². The number of amidine groups is 1. The second-order valence-corrected chi connectivity index (χ2v) is 7.05. The summed E-state index contributed by atoms with van der Waals surface area (Å²) in [5.41, 5.74) is 0.0322. The predicted molar refractivity (Wildman–Crippen MR) is 93.6 cm³/mol. The second-order valence-electron chi connectivity index (χ2n) is 7.05. The number of anilines is 1. The molecule has 0 spiro atoms. The van der Waals surface area contributed by atoms with Crippen LogP contribution in [0.1, 0.15) is 42.2 Å². The summed E-state index contributed by atoms with van der Waals surface area (Å²) < 4.78 is 63.2. The second kappa shape index (κ2) is 6.32. The first kappa shape index (κ1) is 19.8. The number of hydrogen-bond donors (Lipinski definition) is 2. The van der Waals surface area contributed by atoms with Gasteiger partial charge in [-0.05, 0) is 32.0 Å². The van der Waals surface area contributed by atoms with Crippen LogP contribution in [-0.2, 0) is 5.54 Å². The number of aryl methyl sites for hydroxylation is 1. The van der Waals surface area contributed by atoms with E-state index >= 15 is 0 Å². The number of carbonyl (C=O) groups is 1. The average Bonchev–Trinajstić information content (AvgIpc) is 3.01. The van der Waals surface area contributed by atoms with Gasteiger partial charge in [0.15, 0.2) is 22.8 Å². The molecule has 150 valence electrons. The number of benzene rings is 1. The van der Waals surface area contributed by atoms with Crippen LogP contribution in [0.2, 0.25) is 0 Å². The minimum atomic E-state index is -3.73. The van der Waals surface area contributed by atoms with Crippen molar-refractivity contribution >= 4 is 17.4 Å². The molecule has 2 unspecified atom stereocenters. The fourth-order valence-electron chi connectivity index (χ4n) is 3.02. The van der Waals surface area contributed by atoms with Crippen molar-refractivity contribution in [2.75, 3.05) is 5.32 Å². The average molecular weight is 398 g/mol. The number of aromatic nitrogens is 1. The highest BCUT2D eigenvalue weighted by Gasteiger charge is 2.60. The lowest BCUT2D eigenvalue weighted by atomic mass is 9.77. The summed E-state index contributed by atoms with van der Waals surface area (Å²) in [5.74, 6) is -5.77. The van der Waals surface area contributed by atoms with Crippen molar-refractivity contribution in [2.24, 2.45) is 10.7 Å². The van der Waals surface area contributed by atoms with E-state index in [-0.39, 0.29) is 17.3 Å². The molecule has 0 saturated heterocycles. The van der Waals surface area contributed by atoms with E-state index in [1.807, 2.05) is 0 Å². The lowest BCUT2D eigenvalue weighted by Crippen LogP contribution is -2.56. The number of nitrogens with zero attached hydrogens (tertiary/aromatic N) is 2. The first-order valence-corrected chi connectivity index (χ1v) is 8.32. The minimum absolute atomic E-state index is 0.0291.